The van der Waals surface area contributed by atoms with Crippen LogP contribution in [0.1, 0.15) is 27.3 Å². The highest BCUT2D eigenvalue weighted by atomic mass is 16.2. The number of carbonyl (C=O) groups excluding carboxylic acids is 1. The van der Waals surface area contributed by atoms with Crippen molar-refractivity contribution >= 4 is 11.7 Å². The zero-order valence-corrected chi connectivity index (χ0v) is 15.4. The predicted molar refractivity (Wildman–Crippen MR) is 105 cm³/mol. The van der Waals surface area contributed by atoms with Gasteiger partial charge in [0.05, 0.1) is 11.3 Å². The Balaban J connectivity index is 1.99. The average Bonchev–Trinajstić information content (AvgIpc) is 2.67. The minimum Gasteiger partial charge on any atom is -0.384 e. The highest BCUT2D eigenvalue weighted by molar-refractivity contribution is 5.92. The molecule has 3 rings (SSSR count). The second kappa shape index (κ2) is 7.67. The molecule has 3 aromatic rings. The molecule has 0 bridgehead atoms. The first-order valence-electron chi connectivity index (χ1n) is 8.33. The van der Waals surface area contributed by atoms with Crippen molar-refractivity contribution in [3.05, 3.63) is 71.4 Å². The Hall–Kier alpha value is -3.72. The normalized spacial score (nSPS) is 10.0. The molecule has 0 aliphatic carbocycles. The molecule has 0 aliphatic heterocycles. The molecule has 0 saturated heterocycles. The highest BCUT2D eigenvalue weighted by Gasteiger charge is 2.11. The summed E-state index contributed by atoms with van der Waals surface area (Å²) >= 11 is 0. The molecule has 0 spiro atoms. The van der Waals surface area contributed by atoms with Crippen molar-refractivity contribution in [2.45, 2.75) is 6.92 Å². The summed E-state index contributed by atoms with van der Waals surface area (Å²) in [6, 6.07) is 9.01. The summed E-state index contributed by atoms with van der Waals surface area (Å²) in [6.07, 6.45) is 5.05. The molecule has 0 fully saturated rings. The van der Waals surface area contributed by atoms with Gasteiger partial charge in [-0.05, 0) is 31.2 Å². The lowest BCUT2D eigenvalue weighted by Gasteiger charge is -2.11. The predicted octanol–water partition coefficient (Wildman–Crippen LogP) is 2.53. The van der Waals surface area contributed by atoms with E-state index in [4.69, 9.17) is 5.73 Å². The lowest BCUT2D eigenvalue weighted by molar-refractivity contribution is 0.0822. The first kappa shape index (κ1) is 18.1. The molecule has 27 heavy (non-hydrogen) atoms. The zero-order valence-electron chi connectivity index (χ0n) is 15.4. The van der Waals surface area contributed by atoms with E-state index in [0.29, 0.717) is 11.5 Å². The fourth-order valence-corrected chi connectivity index (χ4v) is 2.49. The van der Waals surface area contributed by atoms with E-state index >= 15 is 0 Å². The molecule has 6 heteroatoms. The molecule has 6 nitrogen and oxygen atoms in total. The van der Waals surface area contributed by atoms with Crippen molar-refractivity contribution in [2.24, 2.45) is 0 Å². The number of anilines is 1. The molecular weight excluding hydrogens is 338 g/mol. The van der Waals surface area contributed by atoms with Crippen molar-refractivity contribution in [3.8, 4) is 23.0 Å². The van der Waals surface area contributed by atoms with Crippen LogP contribution in [0.25, 0.3) is 11.1 Å². The number of nitrogens with zero attached hydrogens (tertiary/aromatic N) is 4. The van der Waals surface area contributed by atoms with Crippen molar-refractivity contribution in [2.75, 3.05) is 19.8 Å². The average molecular weight is 357 g/mol. The molecule has 3 heterocycles. The lowest BCUT2D eigenvalue weighted by atomic mass is 10.0. The minimum atomic E-state index is -0.136. The molecular formula is C21H19N5O. The van der Waals surface area contributed by atoms with Gasteiger partial charge in [0.2, 0.25) is 0 Å². The number of aromatic nitrogens is 3. The highest BCUT2D eigenvalue weighted by Crippen LogP contribution is 2.24. The summed E-state index contributed by atoms with van der Waals surface area (Å²) < 4.78 is 0. The summed E-state index contributed by atoms with van der Waals surface area (Å²) in [5.74, 6) is 6.59. The molecule has 0 atom stereocenters. The van der Waals surface area contributed by atoms with E-state index in [2.05, 4.69) is 26.8 Å². The monoisotopic (exact) mass is 357 g/mol. The Morgan fingerprint density at radius 2 is 1.81 bits per heavy atom. The third-order valence-electron chi connectivity index (χ3n) is 3.96. The van der Waals surface area contributed by atoms with Gasteiger partial charge in [-0.15, -0.1) is 0 Å². The van der Waals surface area contributed by atoms with Gasteiger partial charge in [0, 0.05) is 49.4 Å². The molecule has 0 aromatic carbocycles. The van der Waals surface area contributed by atoms with Gasteiger partial charge in [-0.1, -0.05) is 17.9 Å². The number of amides is 1. The Bertz CT molecular complexity index is 1030. The molecule has 0 unspecified atom stereocenters. The van der Waals surface area contributed by atoms with Crippen molar-refractivity contribution in [3.63, 3.8) is 0 Å². The van der Waals surface area contributed by atoms with E-state index in [9.17, 15) is 4.79 Å². The number of aryl methyl sites for hydroxylation is 1. The van der Waals surface area contributed by atoms with Gasteiger partial charge in [-0.25, -0.2) is 4.98 Å². The van der Waals surface area contributed by atoms with E-state index < -0.39 is 0 Å². The summed E-state index contributed by atoms with van der Waals surface area (Å²) in [5, 5.41) is 0. The van der Waals surface area contributed by atoms with Gasteiger partial charge in [-0.2, -0.15) is 0 Å². The van der Waals surface area contributed by atoms with Gasteiger partial charge in [-0.3, -0.25) is 14.8 Å². The number of pyridine rings is 3. The fourth-order valence-electron chi connectivity index (χ4n) is 2.49. The maximum Gasteiger partial charge on any atom is 0.271 e. The second-order valence-electron chi connectivity index (χ2n) is 6.17. The smallest absolute Gasteiger partial charge is 0.271 e. The number of hydrogen-bond acceptors (Lipinski definition) is 5. The van der Waals surface area contributed by atoms with Crippen LogP contribution in [-0.2, 0) is 0 Å². The van der Waals surface area contributed by atoms with Crippen LogP contribution < -0.4 is 5.73 Å². The third kappa shape index (κ3) is 4.10. The van der Waals surface area contributed by atoms with E-state index in [-0.39, 0.29) is 5.91 Å². The largest absolute Gasteiger partial charge is 0.384 e. The van der Waals surface area contributed by atoms with Crippen LogP contribution in [0.2, 0.25) is 0 Å². The molecule has 134 valence electrons. The molecule has 0 radical (unpaired) electrons. The minimum absolute atomic E-state index is 0.136. The van der Waals surface area contributed by atoms with Gasteiger partial charge in [0.25, 0.3) is 5.91 Å². The number of nitrogens with two attached hydrogens (primary N) is 1. The maximum absolute atomic E-state index is 12.0. The van der Waals surface area contributed by atoms with E-state index in [1.165, 1.54) is 4.90 Å². The van der Waals surface area contributed by atoms with Crippen LogP contribution in [0.5, 0.6) is 0 Å². The Labute approximate surface area is 158 Å². The van der Waals surface area contributed by atoms with Crippen LogP contribution in [-0.4, -0.2) is 39.9 Å². The summed E-state index contributed by atoms with van der Waals surface area (Å²) in [6.45, 7) is 1.91. The fraction of sp³-hybridized carbons (Fsp3) is 0.143. The quantitative estimate of drug-likeness (QED) is 0.713. The van der Waals surface area contributed by atoms with E-state index in [0.717, 1.165) is 27.9 Å². The third-order valence-corrected chi connectivity index (χ3v) is 3.96. The molecule has 3 aromatic heterocycles. The van der Waals surface area contributed by atoms with Gasteiger partial charge in [0.1, 0.15) is 11.5 Å². The zero-order chi connectivity index (χ0) is 19.4. The second-order valence-corrected chi connectivity index (χ2v) is 6.17. The topological polar surface area (TPSA) is 85.0 Å². The summed E-state index contributed by atoms with van der Waals surface area (Å²) in [7, 11) is 3.40. The van der Waals surface area contributed by atoms with E-state index in [1.54, 1.807) is 44.8 Å². The van der Waals surface area contributed by atoms with Crippen molar-refractivity contribution in [1.29, 1.82) is 0 Å². The summed E-state index contributed by atoms with van der Waals surface area (Å²) in [4.78, 5) is 26.2. The SMILES string of the molecule is Cc1nccc(-c2ccc(C(=O)N(C)C)nc2)c1C#Cc1ccc(N)nc1. The molecule has 0 aliphatic rings. The Morgan fingerprint density at radius 1 is 1.00 bits per heavy atom. The maximum atomic E-state index is 12.0. The summed E-state index contributed by atoms with van der Waals surface area (Å²) in [5.41, 5.74) is 10.2. The van der Waals surface area contributed by atoms with Gasteiger partial charge in [0.15, 0.2) is 0 Å². The number of carbonyl (C=O) groups is 1. The first-order chi connectivity index (χ1) is 13.0. The Kier molecular flexibility index (Phi) is 5.13. The number of hydrogen-bond donors (Lipinski definition) is 1. The number of rotatable bonds is 2. The van der Waals surface area contributed by atoms with Gasteiger partial charge >= 0.3 is 0 Å². The van der Waals surface area contributed by atoms with Gasteiger partial charge < -0.3 is 10.6 Å². The van der Waals surface area contributed by atoms with Crippen LogP contribution in [0, 0.1) is 18.8 Å². The first-order valence-corrected chi connectivity index (χ1v) is 8.33. The Morgan fingerprint density at radius 3 is 2.44 bits per heavy atom. The van der Waals surface area contributed by atoms with Crippen LogP contribution in [0.15, 0.2) is 48.9 Å². The van der Waals surface area contributed by atoms with Crippen molar-refractivity contribution < 1.29 is 4.79 Å². The standard InChI is InChI=1S/C21H19N5O/c1-14-17(7-4-15-5-9-20(22)25-12-15)18(10-11-23-14)16-6-8-19(24-13-16)21(27)26(2)3/h5-6,8-13H,1-3H3,(H2,22,25). The molecule has 1 amide bonds. The van der Waals surface area contributed by atoms with Crippen LogP contribution in [0.4, 0.5) is 5.82 Å². The van der Waals surface area contributed by atoms with E-state index in [1.807, 2.05) is 25.1 Å². The lowest BCUT2D eigenvalue weighted by Crippen LogP contribution is -2.22. The van der Waals surface area contributed by atoms with Crippen molar-refractivity contribution in [1.82, 2.24) is 19.9 Å². The van der Waals surface area contributed by atoms with Crippen LogP contribution >= 0.6 is 0 Å². The molecule has 0 saturated carbocycles. The van der Waals surface area contributed by atoms with Crippen LogP contribution in [0.3, 0.4) is 0 Å². The number of nitrogen functional groups attached to an aromatic ring is 1. The molecule has 2 N–H and O–H groups in total.